The summed E-state index contributed by atoms with van der Waals surface area (Å²) < 4.78 is 0. The largest absolute Gasteiger partial charge is 0.341 e. The molecule has 0 saturated carbocycles. The zero-order chi connectivity index (χ0) is 23.4. The third kappa shape index (κ3) is 5.89. The highest BCUT2D eigenvalue weighted by Gasteiger charge is 2.32. The molecule has 0 spiro atoms. The standard InChI is InChI=1S/C26H31Cl2N3O2/c1-29(18-19-5-3-2-4-6-19)25(32)20-9-13-30(14-10-20)22-11-15-31(16-12-22)26(33)21-7-8-23(27)24(28)17-21/h2-8,17,20,22H,9-16,18H2,1H3. The van der Waals surface area contributed by atoms with E-state index in [1.54, 1.807) is 18.2 Å². The SMILES string of the molecule is CN(Cc1ccccc1)C(=O)C1CCN(C2CCN(C(=O)c3ccc(Cl)c(Cl)c3)CC2)CC1. The summed E-state index contributed by atoms with van der Waals surface area (Å²) in [6, 6.07) is 15.7. The van der Waals surface area contributed by atoms with Gasteiger partial charge in [0.15, 0.2) is 0 Å². The Morgan fingerprint density at radius 2 is 1.58 bits per heavy atom. The fraction of sp³-hybridized carbons (Fsp3) is 0.462. The minimum absolute atomic E-state index is 0.0118. The molecule has 2 heterocycles. The number of piperidine rings is 2. The third-order valence-corrected chi connectivity index (χ3v) is 7.69. The fourth-order valence-electron chi connectivity index (χ4n) is 5.00. The van der Waals surface area contributed by atoms with E-state index in [0.717, 1.165) is 57.4 Å². The Bertz CT molecular complexity index is 969. The molecule has 4 rings (SSSR count). The highest BCUT2D eigenvalue weighted by molar-refractivity contribution is 6.42. The Hall–Kier alpha value is -2.08. The normalized spacial score (nSPS) is 18.3. The predicted octanol–water partition coefficient (Wildman–Crippen LogP) is 4.97. The van der Waals surface area contributed by atoms with Gasteiger partial charge in [0.2, 0.25) is 5.91 Å². The molecule has 0 bridgehead atoms. The monoisotopic (exact) mass is 487 g/mol. The summed E-state index contributed by atoms with van der Waals surface area (Å²) in [4.78, 5) is 32.0. The smallest absolute Gasteiger partial charge is 0.253 e. The Morgan fingerprint density at radius 1 is 0.909 bits per heavy atom. The molecule has 0 aliphatic carbocycles. The van der Waals surface area contributed by atoms with Crippen LogP contribution in [-0.4, -0.2) is 65.8 Å². The molecule has 2 aromatic carbocycles. The van der Waals surface area contributed by atoms with E-state index in [4.69, 9.17) is 23.2 Å². The van der Waals surface area contributed by atoms with E-state index < -0.39 is 0 Å². The Balaban J connectivity index is 1.23. The minimum Gasteiger partial charge on any atom is -0.341 e. The van der Waals surface area contributed by atoms with Crippen LogP contribution >= 0.6 is 23.2 Å². The van der Waals surface area contributed by atoms with E-state index in [-0.39, 0.29) is 17.7 Å². The number of rotatable bonds is 5. The summed E-state index contributed by atoms with van der Waals surface area (Å²) in [5.74, 6) is 0.365. The van der Waals surface area contributed by atoms with Crippen molar-refractivity contribution in [2.24, 2.45) is 5.92 Å². The van der Waals surface area contributed by atoms with E-state index in [1.807, 2.05) is 35.0 Å². The van der Waals surface area contributed by atoms with Crippen LogP contribution < -0.4 is 0 Å². The molecule has 176 valence electrons. The minimum atomic E-state index is 0.0118. The van der Waals surface area contributed by atoms with Crippen molar-refractivity contribution in [1.29, 1.82) is 0 Å². The molecule has 2 aliphatic heterocycles. The van der Waals surface area contributed by atoms with Crippen molar-refractivity contribution in [1.82, 2.24) is 14.7 Å². The molecule has 2 aromatic rings. The van der Waals surface area contributed by atoms with E-state index in [0.29, 0.717) is 28.2 Å². The topological polar surface area (TPSA) is 43.9 Å². The lowest BCUT2D eigenvalue weighted by atomic mass is 9.92. The first-order chi connectivity index (χ1) is 15.9. The third-order valence-electron chi connectivity index (χ3n) is 6.95. The van der Waals surface area contributed by atoms with E-state index in [1.165, 1.54) is 0 Å². The quantitative estimate of drug-likeness (QED) is 0.597. The van der Waals surface area contributed by atoms with Crippen LogP contribution in [0.15, 0.2) is 48.5 Å². The Labute approximate surface area is 206 Å². The molecule has 7 heteroatoms. The molecule has 0 unspecified atom stereocenters. The molecule has 2 saturated heterocycles. The van der Waals surface area contributed by atoms with Crippen LogP contribution in [-0.2, 0) is 11.3 Å². The number of likely N-dealkylation sites (tertiary alicyclic amines) is 2. The van der Waals surface area contributed by atoms with Crippen LogP contribution in [0.2, 0.25) is 10.0 Å². The Morgan fingerprint density at radius 3 is 2.21 bits per heavy atom. The molecule has 5 nitrogen and oxygen atoms in total. The van der Waals surface area contributed by atoms with Crippen molar-refractivity contribution in [2.75, 3.05) is 33.2 Å². The second-order valence-electron chi connectivity index (χ2n) is 9.14. The van der Waals surface area contributed by atoms with Crippen molar-refractivity contribution in [3.8, 4) is 0 Å². The summed E-state index contributed by atoms with van der Waals surface area (Å²) >= 11 is 12.1. The molecule has 0 aromatic heterocycles. The van der Waals surface area contributed by atoms with Gasteiger partial charge >= 0.3 is 0 Å². The average molecular weight is 488 g/mol. The number of benzene rings is 2. The first-order valence-corrected chi connectivity index (χ1v) is 12.4. The van der Waals surface area contributed by atoms with Crippen molar-refractivity contribution in [3.05, 3.63) is 69.7 Å². The van der Waals surface area contributed by atoms with Gasteiger partial charge in [-0.2, -0.15) is 0 Å². The Kier molecular flexibility index (Phi) is 7.94. The van der Waals surface area contributed by atoms with E-state index in [9.17, 15) is 9.59 Å². The van der Waals surface area contributed by atoms with Gasteiger partial charge in [0.25, 0.3) is 5.91 Å². The number of carbonyl (C=O) groups is 2. The fourth-order valence-corrected chi connectivity index (χ4v) is 5.30. The predicted molar refractivity (Wildman–Crippen MR) is 133 cm³/mol. The number of halogens is 2. The zero-order valence-electron chi connectivity index (χ0n) is 19.1. The van der Waals surface area contributed by atoms with Crippen LogP contribution in [0.25, 0.3) is 0 Å². The van der Waals surface area contributed by atoms with Crippen molar-refractivity contribution < 1.29 is 9.59 Å². The molecular weight excluding hydrogens is 457 g/mol. The second-order valence-corrected chi connectivity index (χ2v) is 9.96. The van der Waals surface area contributed by atoms with Gasteiger partial charge in [-0.3, -0.25) is 9.59 Å². The van der Waals surface area contributed by atoms with Crippen molar-refractivity contribution in [3.63, 3.8) is 0 Å². The maximum Gasteiger partial charge on any atom is 0.253 e. The second kappa shape index (κ2) is 10.9. The van der Waals surface area contributed by atoms with Gasteiger partial charge in [-0.25, -0.2) is 0 Å². The molecule has 0 radical (unpaired) electrons. The average Bonchev–Trinajstić information content (AvgIpc) is 2.85. The van der Waals surface area contributed by atoms with Gasteiger partial charge in [-0.15, -0.1) is 0 Å². The van der Waals surface area contributed by atoms with Crippen LogP contribution in [0, 0.1) is 5.92 Å². The summed E-state index contributed by atoms with van der Waals surface area (Å²) in [5, 5.41) is 0.865. The van der Waals surface area contributed by atoms with Crippen molar-refractivity contribution >= 4 is 35.0 Å². The lowest BCUT2D eigenvalue weighted by Gasteiger charge is -2.42. The highest BCUT2D eigenvalue weighted by atomic mass is 35.5. The summed E-state index contributed by atoms with van der Waals surface area (Å²) in [6.45, 7) is 4.03. The molecule has 2 aliphatic rings. The number of amides is 2. The summed E-state index contributed by atoms with van der Waals surface area (Å²) in [6.07, 6.45) is 3.72. The van der Waals surface area contributed by atoms with Crippen molar-refractivity contribution in [2.45, 2.75) is 38.3 Å². The molecule has 0 atom stereocenters. The van der Waals surface area contributed by atoms with Gasteiger partial charge in [-0.1, -0.05) is 53.5 Å². The van der Waals surface area contributed by atoms with Gasteiger partial charge in [0, 0.05) is 44.2 Å². The number of nitrogens with zero attached hydrogens (tertiary/aromatic N) is 3. The number of hydrogen-bond acceptors (Lipinski definition) is 3. The zero-order valence-corrected chi connectivity index (χ0v) is 20.6. The summed E-state index contributed by atoms with van der Waals surface area (Å²) in [7, 11) is 1.91. The summed E-state index contributed by atoms with van der Waals surface area (Å²) in [5.41, 5.74) is 1.75. The lowest BCUT2D eigenvalue weighted by molar-refractivity contribution is -0.136. The molecule has 33 heavy (non-hydrogen) atoms. The molecule has 2 fully saturated rings. The van der Waals surface area contributed by atoms with Gasteiger partial charge < -0.3 is 14.7 Å². The molecular formula is C26H31Cl2N3O2. The number of hydrogen-bond donors (Lipinski definition) is 0. The maximum absolute atomic E-state index is 12.9. The first-order valence-electron chi connectivity index (χ1n) is 11.7. The van der Waals surface area contributed by atoms with Crippen LogP contribution in [0.1, 0.15) is 41.6 Å². The van der Waals surface area contributed by atoms with Gasteiger partial charge in [-0.05, 0) is 62.5 Å². The number of carbonyl (C=O) groups excluding carboxylic acids is 2. The van der Waals surface area contributed by atoms with Crippen LogP contribution in [0.4, 0.5) is 0 Å². The van der Waals surface area contributed by atoms with Crippen LogP contribution in [0.3, 0.4) is 0 Å². The maximum atomic E-state index is 12.9. The van der Waals surface area contributed by atoms with E-state index >= 15 is 0 Å². The lowest BCUT2D eigenvalue weighted by Crippen LogP contribution is -2.50. The molecule has 0 N–H and O–H groups in total. The van der Waals surface area contributed by atoms with Gasteiger partial charge in [0.1, 0.15) is 0 Å². The molecule has 2 amide bonds. The van der Waals surface area contributed by atoms with Gasteiger partial charge in [0.05, 0.1) is 10.0 Å². The van der Waals surface area contributed by atoms with E-state index in [2.05, 4.69) is 17.0 Å². The van der Waals surface area contributed by atoms with Crippen LogP contribution in [0.5, 0.6) is 0 Å². The highest BCUT2D eigenvalue weighted by Crippen LogP contribution is 2.27. The first kappa shape index (κ1) is 24.1.